The van der Waals surface area contributed by atoms with E-state index in [1.54, 1.807) is 18.2 Å². The van der Waals surface area contributed by atoms with E-state index in [9.17, 15) is 10.0 Å². The van der Waals surface area contributed by atoms with E-state index in [-0.39, 0.29) is 5.91 Å². The van der Waals surface area contributed by atoms with Crippen molar-refractivity contribution in [2.24, 2.45) is 0 Å². The number of nitrogens with zero attached hydrogens (tertiary/aromatic N) is 3. The molecule has 0 saturated carbocycles. The molecule has 21 heavy (non-hydrogen) atoms. The molecule has 0 atom stereocenters. The average Bonchev–Trinajstić information content (AvgIpc) is 2.73. The van der Waals surface area contributed by atoms with E-state index in [1.165, 1.54) is 12.5 Å². The smallest absolute Gasteiger partial charge is 0.274 e. The Morgan fingerprint density at radius 1 is 1.29 bits per heavy atom. The topological polar surface area (TPSA) is 80.0 Å². The number of carbonyl (C=O) groups is 1. The largest absolute Gasteiger partial charge is 0.428 e. The van der Waals surface area contributed by atoms with E-state index < -0.39 is 0 Å². The van der Waals surface area contributed by atoms with Gasteiger partial charge in [-0.2, -0.15) is 4.73 Å². The molecule has 1 aromatic carbocycles. The maximum Gasteiger partial charge on any atom is 0.274 e. The zero-order chi connectivity index (χ0) is 15.0. The number of anilines is 1. The maximum absolute atomic E-state index is 12.1. The molecule has 2 heterocycles. The van der Waals surface area contributed by atoms with E-state index >= 15 is 0 Å². The highest BCUT2D eigenvalue weighted by atomic mass is 16.5. The number of nitrogens with one attached hydrogen (secondary N) is 1. The Bertz CT molecular complexity index is 825. The van der Waals surface area contributed by atoms with Crippen LogP contribution >= 0.6 is 0 Å². The van der Waals surface area contributed by atoms with Gasteiger partial charge in [0.2, 0.25) is 0 Å². The van der Waals surface area contributed by atoms with E-state index in [0.717, 1.165) is 21.4 Å². The third-order valence-electron chi connectivity index (χ3n) is 3.56. The molecule has 1 amide bonds. The van der Waals surface area contributed by atoms with E-state index in [1.807, 2.05) is 19.9 Å². The van der Waals surface area contributed by atoms with Crippen molar-refractivity contribution < 1.29 is 10.0 Å². The highest BCUT2D eigenvalue weighted by molar-refractivity contribution is 6.04. The summed E-state index contributed by atoms with van der Waals surface area (Å²) >= 11 is 0. The summed E-state index contributed by atoms with van der Waals surface area (Å²) in [6.07, 6.45) is 2.85. The van der Waals surface area contributed by atoms with Gasteiger partial charge in [0.05, 0.1) is 11.2 Å². The van der Waals surface area contributed by atoms with Crippen LogP contribution in [-0.4, -0.2) is 25.8 Å². The minimum atomic E-state index is -0.297. The van der Waals surface area contributed by atoms with Gasteiger partial charge in [-0.15, -0.1) is 0 Å². The molecule has 3 rings (SSSR count). The molecule has 6 nitrogen and oxygen atoms in total. The number of aromatic nitrogens is 3. The normalized spacial score (nSPS) is 10.8. The molecule has 0 saturated heterocycles. The second kappa shape index (κ2) is 4.90. The van der Waals surface area contributed by atoms with Gasteiger partial charge < -0.3 is 10.5 Å². The van der Waals surface area contributed by atoms with Crippen LogP contribution in [0.2, 0.25) is 0 Å². The molecule has 0 bridgehead atoms. The maximum atomic E-state index is 12.1. The number of aryl methyl sites for hydroxylation is 1. The lowest BCUT2D eigenvalue weighted by Gasteiger charge is -2.05. The molecule has 6 heteroatoms. The number of fused-ring (bicyclic) bond motifs is 1. The summed E-state index contributed by atoms with van der Waals surface area (Å²) in [6, 6.07) is 6.90. The van der Waals surface area contributed by atoms with Crippen LogP contribution in [0.3, 0.4) is 0 Å². The molecular weight excluding hydrogens is 268 g/mol. The summed E-state index contributed by atoms with van der Waals surface area (Å²) < 4.78 is 1.15. The third-order valence-corrected chi connectivity index (χ3v) is 3.56. The van der Waals surface area contributed by atoms with Crippen LogP contribution in [0.25, 0.3) is 10.9 Å². The Morgan fingerprint density at radius 2 is 2.10 bits per heavy atom. The molecule has 0 unspecified atom stereocenters. The predicted molar refractivity (Wildman–Crippen MR) is 78.6 cm³/mol. The molecule has 0 aliphatic heterocycles. The molecule has 0 fully saturated rings. The lowest BCUT2D eigenvalue weighted by Crippen LogP contribution is -2.13. The molecule has 0 aliphatic rings. The fraction of sp³-hybridized carbons (Fsp3) is 0.133. The van der Waals surface area contributed by atoms with Crippen molar-refractivity contribution in [2.45, 2.75) is 13.8 Å². The monoisotopic (exact) mass is 282 g/mol. The first-order valence-corrected chi connectivity index (χ1v) is 6.46. The molecule has 2 N–H and O–H groups in total. The van der Waals surface area contributed by atoms with Crippen molar-refractivity contribution >= 4 is 22.5 Å². The summed E-state index contributed by atoms with van der Waals surface area (Å²) in [5.74, 6) is -0.297. The van der Waals surface area contributed by atoms with Gasteiger partial charge in [-0.25, -0.2) is 9.97 Å². The van der Waals surface area contributed by atoms with Crippen molar-refractivity contribution in [2.75, 3.05) is 5.32 Å². The molecule has 0 radical (unpaired) electrons. The van der Waals surface area contributed by atoms with Crippen LogP contribution in [0, 0.1) is 13.8 Å². The summed E-state index contributed by atoms with van der Waals surface area (Å²) in [5.41, 5.74) is 3.43. The molecule has 106 valence electrons. The van der Waals surface area contributed by atoms with Gasteiger partial charge in [-0.3, -0.25) is 4.79 Å². The van der Waals surface area contributed by atoms with Crippen molar-refractivity contribution in [3.8, 4) is 0 Å². The molecule has 0 aliphatic carbocycles. The van der Waals surface area contributed by atoms with Crippen molar-refractivity contribution in [1.82, 2.24) is 14.7 Å². The summed E-state index contributed by atoms with van der Waals surface area (Å²) in [6.45, 7) is 3.77. The minimum absolute atomic E-state index is 0.297. The van der Waals surface area contributed by atoms with Crippen molar-refractivity contribution in [1.29, 1.82) is 0 Å². The lowest BCUT2D eigenvalue weighted by molar-refractivity contribution is 0.102. The number of hydrogen-bond acceptors (Lipinski definition) is 4. The number of amides is 1. The first-order valence-electron chi connectivity index (χ1n) is 6.46. The summed E-state index contributed by atoms with van der Waals surface area (Å²) in [4.78, 5) is 19.7. The van der Waals surface area contributed by atoms with Gasteiger partial charge in [-0.05, 0) is 43.7 Å². The zero-order valence-electron chi connectivity index (χ0n) is 11.7. The Hall–Kier alpha value is -2.89. The highest BCUT2D eigenvalue weighted by Crippen LogP contribution is 2.26. The lowest BCUT2D eigenvalue weighted by atomic mass is 10.1. The van der Waals surface area contributed by atoms with Crippen LogP contribution in [0.15, 0.2) is 36.8 Å². The van der Waals surface area contributed by atoms with Gasteiger partial charge in [0.25, 0.3) is 5.91 Å². The molecular formula is C15H14N4O2. The summed E-state index contributed by atoms with van der Waals surface area (Å²) in [5, 5.41) is 13.6. The van der Waals surface area contributed by atoms with Crippen LogP contribution in [0.4, 0.5) is 5.69 Å². The molecule has 2 aromatic heterocycles. The van der Waals surface area contributed by atoms with Gasteiger partial charge >= 0.3 is 0 Å². The Balaban J connectivity index is 1.95. The Morgan fingerprint density at radius 3 is 2.81 bits per heavy atom. The van der Waals surface area contributed by atoms with Crippen LogP contribution in [-0.2, 0) is 0 Å². The van der Waals surface area contributed by atoms with Crippen molar-refractivity contribution in [3.63, 3.8) is 0 Å². The van der Waals surface area contributed by atoms with Gasteiger partial charge in [0.15, 0.2) is 0 Å². The third kappa shape index (κ3) is 2.20. The van der Waals surface area contributed by atoms with Crippen LogP contribution in [0.1, 0.15) is 21.7 Å². The standard InChI is InChI=1S/C15H14N4O2/c1-9-10(2)19(21)14-4-3-11(7-12(9)14)18-15(20)13-5-6-16-8-17-13/h3-8,21H,1-2H3,(H,18,20). The van der Waals surface area contributed by atoms with E-state index in [0.29, 0.717) is 16.9 Å². The quantitative estimate of drug-likeness (QED) is 0.708. The summed E-state index contributed by atoms with van der Waals surface area (Å²) in [7, 11) is 0. The first-order chi connectivity index (χ1) is 10.1. The Labute approximate surface area is 121 Å². The average molecular weight is 282 g/mol. The fourth-order valence-corrected chi connectivity index (χ4v) is 2.25. The number of benzene rings is 1. The zero-order valence-corrected chi connectivity index (χ0v) is 11.7. The van der Waals surface area contributed by atoms with E-state index in [4.69, 9.17) is 0 Å². The predicted octanol–water partition coefficient (Wildman–Crippen LogP) is 2.54. The Kier molecular flexibility index (Phi) is 3.06. The molecule has 3 aromatic rings. The van der Waals surface area contributed by atoms with Gasteiger partial charge in [-0.1, -0.05) is 0 Å². The first kappa shape index (κ1) is 13.1. The highest BCUT2D eigenvalue weighted by Gasteiger charge is 2.12. The second-order valence-electron chi connectivity index (χ2n) is 4.80. The van der Waals surface area contributed by atoms with Gasteiger partial charge in [0, 0.05) is 17.3 Å². The second-order valence-corrected chi connectivity index (χ2v) is 4.80. The van der Waals surface area contributed by atoms with Crippen LogP contribution < -0.4 is 5.32 Å². The number of carbonyl (C=O) groups excluding carboxylic acids is 1. The molecule has 0 spiro atoms. The van der Waals surface area contributed by atoms with Crippen LogP contribution in [0.5, 0.6) is 0 Å². The minimum Gasteiger partial charge on any atom is -0.428 e. The number of hydrogen-bond donors (Lipinski definition) is 2. The van der Waals surface area contributed by atoms with E-state index in [2.05, 4.69) is 15.3 Å². The van der Waals surface area contributed by atoms with Gasteiger partial charge in [0.1, 0.15) is 12.0 Å². The number of rotatable bonds is 2. The SMILES string of the molecule is Cc1c(C)n(O)c2ccc(NC(=O)c3ccncn3)cc12. The fourth-order valence-electron chi connectivity index (χ4n) is 2.25. The van der Waals surface area contributed by atoms with Crippen molar-refractivity contribution in [3.05, 3.63) is 53.7 Å².